The molecule has 3 rings (SSSR count). The molecule has 6 nitrogen and oxygen atoms in total. The van der Waals surface area contributed by atoms with E-state index in [1.807, 2.05) is 14.1 Å². The Hall–Kier alpha value is -2.30. The fraction of sp³-hybridized carbons (Fsp3) is 0.381. The summed E-state index contributed by atoms with van der Waals surface area (Å²) in [6.45, 7) is 1.02. The molecule has 0 unspecified atom stereocenters. The van der Waals surface area contributed by atoms with Crippen LogP contribution in [0.25, 0.3) is 0 Å². The molecule has 32 heavy (non-hydrogen) atoms. The van der Waals surface area contributed by atoms with E-state index < -0.39 is 21.8 Å². The zero-order valence-corrected chi connectivity index (χ0v) is 19.1. The summed E-state index contributed by atoms with van der Waals surface area (Å²) in [5.74, 6) is -0.386. The number of alkyl halides is 3. The van der Waals surface area contributed by atoms with Crippen LogP contribution in [0.1, 0.15) is 28.8 Å². The molecule has 1 amide bonds. The predicted molar refractivity (Wildman–Crippen MR) is 116 cm³/mol. The summed E-state index contributed by atoms with van der Waals surface area (Å²) in [7, 11) is -0.299. The first kappa shape index (κ1) is 24.3. The molecular weight excluding hydrogens is 467 g/mol. The minimum atomic E-state index is -4.61. The fourth-order valence-corrected chi connectivity index (χ4v) is 4.84. The van der Waals surface area contributed by atoms with Crippen LogP contribution in [0.3, 0.4) is 0 Å². The summed E-state index contributed by atoms with van der Waals surface area (Å²) in [6.07, 6.45) is -3.04. The number of benzene rings is 2. The van der Waals surface area contributed by atoms with Gasteiger partial charge in [0.25, 0.3) is 15.9 Å². The molecule has 0 atom stereocenters. The van der Waals surface area contributed by atoms with Crippen LogP contribution in [0.15, 0.2) is 47.4 Å². The van der Waals surface area contributed by atoms with E-state index in [-0.39, 0.29) is 27.1 Å². The molecule has 0 spiro atoms. The topological polar surface area (TPSA) is 69.7 Å². The van der Waals surface area contributed by atoms with E-state index in [0.29, 0.717) is 25.2 Å². The lowest BCUT2D eigenvalue weighted by molar-refractivity contribution is -0.137. The molecule has 174 valence electrons. The van der Waals surface area contributed by atoms with Gasteiger partial charge in [-0.05, 0) is 63.3 Å². The van der Waals surface area contributed by atoms with Gasteiger partial charge in [-0.2, -0.15) is 13.2 Å². The van der Waals surface area contributed by atoms with Crippen LogP contribution >= 0.6 is 11.6 Å². The summed E-state index contributed by atoms with van der Waals surface area (Å²) in [5, 5.41) is 0.0998. The third kappa shape index (κ3) is 5.54. The molecule has 0 aliphatic carbocycles. The third-order valence-electron chi connectivity index (χ3n) is 5.40. The minimum Gasteiger partial charge on any atom is -0.338 e. The van der Waals surface area contributed by atoms with Crippen molar-refractivity contribution in [3.05, 3.63) is 58.6 Å². The SMILES string of the molecule is CN(C)C1CCN(C(=O)c2cc(S(=O)(=O)Nc3cccc(C(F)(F)F)c3)ccc2Cl)CC1. The lowest BCUT2D eigenvalue weighted by atomic mass is 10.0. The zero-order chi connectivity index (χ0) is 23.7. The quantitative estimate of drug-likeness (QED) is 0.679. The van der Waals surface area contributed by atoms with Gasteiger partial charge in [0.05, 0.1) is 21.0 Å². The van der Waals surface area contributed by atoms with Gasteiger partial charge in [0.1, 0.15) is 0 Å². The number of anilines is 1. The van der Waals surface area contributed by atoms with Crippen LogP contribution in [0, 0.1) is 0 Å². The zero-order valence-electron chi connectivity index (χ0n) is 17.5. The Kier molecular flexibility index (Phi) is 7.06. The molecule has 1 aliphatic heterocycles. The number of likely N-dealkylation sites (tertiary alicyclic amines) is 1. The molecule has 0 bridgehead atoms. The molecule has 0 aromatic heterocycles. The molecule has 2 aromatic carbocycles. The number of amides is 1. The van der Waals surface area contributed by atoms with Crippen molar-refractivity contribution in [2.75, 3.05) is 31.9 Å². The van der Waals surface area contributed by atoms with Crippen molar-refractivity contribution in [2.45, 2.75) is 30.0 Å². The van der Waals surface area contributed by atoms with E-state index in [0.717, 1.165) is 31.0 Å². The lowest BCUT2D eigenvalue weighted by Crippen LogP contribution is -2.44. The second-order valence-electron chi connectivity index (χ2n) is 7.81. The van der Waals surface area contributed by atoms with Crippen molar-refractivity contribution < 1.29 is 26.4 Å². The number of sulfonamides is 1. The van der Waals surface area contributed by atoms with Gasteiger partial charge in [0.15, 0.2) is 0 Å². The van der Waals surface area contributed by atoms with Crippen molar-refractivity contribution in [3.63, 3.8) is 0 Å². The van der Waals surface area contributed by atoms with Crippen LogP contribution in [-0.4, -0.2) is 57.4 Å². The van der Waals surface area contributed by atoms with Gasteiger partial charge in [-0.15, -0.1) is 0 Å². The molecule has 0 saturated carbocycles. The first-order valence-corrected chi connectivity index (χ1v) is 11.7. The largest absolute Gasteiger partial charge is 0.416 e. The predicted octanol–water partition coefficient (Wildman–Crippen LogP) is 4.33. The Bertz CT molecular complexity index is 1100. The van der Waals surface area contributed by atoms with Crippen molar-refractivity contribution in [2.24, 2.45) is 0 Å². The van der Waals surface area contributed by atoms with Gasteiger partial charge in [-0.1, -0.05) is 17.7 Å². The Labute approximate surface area is 190 Å². The highest BCUT2D eigenvalue weighted by atomic mass is 35.5. The maximum absolute atomic E-state index is 13.0. The highest BCUT2D eigenvalue weighted by molar-refractivity contribution is 7.92. The Morgan fingerprint density at radius 3 is 2.38 bits per heavy atom. The standard InChI is InChI=1S/C21H23ClF3N3O3S/c1-27(2)16-8-10-28(11-9-16)20(29)18-13-17(6-7-19(18)22)32(30,31)26-15-5-3-4-14(12-15)21(23,24)25/h3-7,12-13,16,26H,8-11H2,1-2H3. The number of hydrogen-bond donors (Lipinski definition) is 1. The number of carbonyl (C=O) groups excluding carboxylic acids is 1. The number of hydrogen-bond acceptors (Lipinski definition) is 4. The van der Waals surface area contributed by atoms with E-state index in [1.54, 1.807) is 4.90 Å². The molecule has 2 aromatic rings. The summed E-state index contributed by atoms with van der Waals surface area (Å²) in [5.41, 5.74) is -1.19. The molecule has 11 heteroatoms. The smallest absolute Gasteiger partial charge is 0.338 e. The monoisotopic (exact) mass is 489 g/mol. The summed E-state index contributed by atoms with van der Waals surface area (Å²) in [6, 6.07) is 7.87. The van der Waals surface area contributed by atoms with E-state index in [2.05, 4.69) is 9.62 Å². The molecule has 1 aliphatic rings. The maximum atomic E-state index is 13.0. The number of rotatable bonds is 5. The number of nitrogens with one attached hydrogen (secondary N) is 1. The average Bonchev–Trinajstić information content (AvgIpc) is 2.73. The molecule has 1 saturated heterocycles. The Morgan fingerprint density at radius 2 is 1.78 bits per heavy atom. The van der Waals surface area contributed by atoms with Crippen LogP contribution < -0.4 is 4.72 Å². The third-order valence-corrected chi connectivity index (χ3v) is 7.11. The highest BCUT2D eigenvalue weighted by Gasteiger charge is 2.31. The van der Waals surface area contributed by atoms with E-state index >= 15 is 0 Å². The highest BCUT2D eigenvalue weighted by Crippen LogP contribution is 2.31. The summed E-state index contributed by atoms with van der Waals surface area (Å²) < 4.78 is 66.4. The number of piperidine rings is 1. The molecular formula is C21H23ClF3N3O3S. The van der Waals surface area contributed by atoms with Crippen molar-refractivity contribution in [1.82, 2.24) is 9.80 Å². The van der Waals surface area contributed by atoms with Gasteiger partial charge in [0, 0.05) is 24.8 Å². The summed E-state index contributed by atoms with van der Waals surface area (Å²) >= 11 is 6.17. The first-order valence-electron chi connectivity index (χ1n) is 9.84. The molecule has 1 fully saturated rings. The van der Waals surface area contributed by atoms with Gasteiger partial charge in [0.2, 0.25) is 0 Å². The number of nitrogens with zero attached hydrogens (tertiary/aromatic N) is 2. The normalized spacial score (nSPS) is 15.8. The van der Waals surface area contributed by atoms with Crippen LogP contribution in [-0.2, 0) is 16.2 Å². The first-order chi connectivity index (χ1) is 14.9. The van der Waals surface area contributed by atoms with Crippen molar-refractivity contribution >= 4 is 33.2 Å². The maximum Gasteiger partial charge on any atom is 0.416 e. The second kappa shape index (κ2) is 9.29. The lowest BCUT2D eigenvalue weighted by Gasteiger charge is -2.35. The van der Waals surface area contributed by atoms with Crippen molar-refractivity contribution in [1.29, 1.82) is 0 Å². The van der Waals surface area contributed by atoms with Gasteiger partial charge in [-0.3, -0.25) is 9.52 Å². The number of carbonyl (C=O) groups is 1. The minimum absolute atomic E-state index is 0.0295. The summed E-state index contributed by atoms with van der Waals surface area (Å²) in [4.78, 5) is 16.4. The van der Waals surface area contributed by atoms with Crippen molar-refractivity contribution in [3.8, 4) is 0 Å². The molecule has 0 radical (unpaired) electrons. The number of halogens is 4. The van der Waals surface area contributed by atoms with E-state index in [9.17, 15) is 26.4 Å². The second-order valence-corrected chi connectivity index (χ2v) is 9.90. The van der Waals surface area contributed by atoms with E-state index in [1.165, 1.54) is 18.2 Å². The van der Waals surface area contributed by atoms with Crippen LogP contribution in [0.2, 0.25) is 5.02 Å². The van der Waals surface area contributed by atoms with Gasteiger partial charge >= 0.3 is 6.18 Å². The fourth-order valence-electron chi connectivity index (χ4n) is 3.56. The Balaban J connectivity index is 1.82. The molecule has 1 heterocycles. The van der Waals surface area contributed by atoms with Crippen LogP contribution in [0.4, 0.5) is 18.9 Å². The van der Waals surface area contributed by atoms with Gasteiger partial charge in [-0.25, -0.2) is 8.42 Å². The molecule has 1 N–H and O–H groups in total. The average molecular weight is 490 g/mol. The van der Waals surface area contributed by atoms with E-state index in [4.69, 9.17) is 11.6 Å². The van der Waals surface area contributed by atoms with Gasteiger partial charge < -0.3 is 9.80 Å². The van der Waals surface area contributed by atoms with Crippen LogP contribution in [0.5, 0.6) is 0 Å². The Morgan fingerprint density at radius 1 is 1.12 bits per heavy atom.